The van der Waals surface area contributed by atoms with Gasteiger partial charge in [-0.2, -0.15) is 5.10 Å². The van der Waals surface area contributed by atoms with E-state index < -0.39 is 0 Å². The van der Waals surface area contributed by atoms with E-state index in [1.165, 1.54) is 4.90 Å². The lowest BCUT2D eigenvalue weighted by molar-refractivity contribution is -0.131. The first-order valence-electron chi connectivity index (χ1n) is 7.24. The van der Waals surface area contributed by atoms with Crippen molar-refractivity contribution in [3.63, 3.8) is 0 Å². The molecule has 0 bridgehead atoms. The Balaban J connectivity index is 1.45. The second kappa shape index (κ2) is 6.80. The van der Waals surface area contributed by atoms with E-state index in [0.29, 0.717) is 12.5 Å². The molecule has 1 aliphatic rings. The molecule has 0 N–H and O–H groups in total. The minimum Gasteiger partial charge on any atom is -0.341 e. The number of carbonyl (C=O) groups excluding carboxylic acids is 1. The largest absolute Gasteiger partial charge is 0.341 e. The van der Waals surface area contributed by atoms with Crippen LogP contribution in [0.1, 0.15) is 6.42 Å². The van der Waals surface area contributed by atoms with Crippen LogP contribution >= 0.6 is 11.8 Å². The van der Waals surface area contributed by atoms with Crippen LogP contribution in [0.2, 0.25) is 0 Å². The molecule has 1 fully saturated rings. The smallest absolute Gasteiger partial charge is 0.244 e. The monoisotopic (exact) mass is 301 g/mol. The molecule has 1 aliphatic heterocycles. The number of rotatable bonds is 5. The first kappa shape index (κ1) is 14.2. The molecule has 2 aromatic rings. The lowest BCUT2D eigenvalue weighted by Gasteiger charge is -2.16. The molecule has 5 heteroatoms. The average Bonchev–Trinajstić information content (AvgIpc) is 3.17. The van der Waals surface area contributed by atoms with Gasteiger partial charge in [0, 0.05) is 36.1 Å². The maximum absolute atomic E-state index is 12.2. The maximum Gasteiger partial charge on any atom is 0.244 e. The summed E-state index contributed by atoms with van der Waals surface area (Å²) in [5.41, 5.74) is 0. The van der Waals surface area contributed by atoms with Gasteiger partial charge >= 0.3 is 0 Å². The molecule has 1 saturated heterocycles. The lowest BCUT2D eigenvalue weighted by atomic mass is 10.2. The Morgan fingerprint density at radius 3 is 2.90 bits per heavy atom. The fourth-order valence-electron chi connectivity index (χ4n) is 2.56. The van der Waals surface area contributed by atoms with Gasteiger partial charge in [0.2, 0.25) is 5.91 Å². The molecule has 4 nitrogen and oxygen atoms in total. The average molecular weight is 301 g/mol. The summed E-state index contributed by atoms with van der Waals surface area (Å²) in [6.07, 6.45) is 4.64. The zero-order chi connectivity index (χ0) is 14.5. The highest BCUT2D eigenvalue weighted by atomic mass is 32.2. The zero-order valence-electron chi connectivity index (χ0n) is 11.9. The Morgan fingerprint density at radius 1 is 1.29 bits per heavy atom. The van der Waals surface area contributed by atoms with Crippen LogP contribution in [-0.2, 0) is 11.3 Å². The first-order valence-corrected chi connectivity index (χ1v) is 8.23. The molecule has 1 amide bonds. The van der Waals surface area contributed by atoms with Crippen molar-refractivity contribution < 1.29 is 4.79 Å². The van der Waals surface area contributed by atoms with Crippen LogP contribution < -0.4 is 0 Å². The van der Waals surface area contributed by atoms with Crippen molar-refractivity contribution in [2.45, 2.75) is 17.9 Å². The predicted octanol–water partition coefficient (Wildman–Crippen LogP) is 2.52. The number of aromatic nitrogens is 2. The molecule has 0 aliphatic carbocycles. The van der Waals surface area contributed by atoms with E-state index in [0.717, 1.165) is 25.3 Å². The van der Waals surface area contributed by atoms with E-state index in [-0.39, 0.29) is 5.91 Å². The number of nitrogens with zero attached hydrogens (tertiary/aromatic N) is 3. The summed E-state index contributed by atoms with van der Waals surface area (Å²) in [4.78, 5) is 15.5. The van der Waals surface area contributed by atoms with Gasteiger partial charge in [0.15, 0.2) is 0 Å². The molecule has 0 saturated carbocycles. The van der Waals surface area contributed by atoms with Gasteiger partial charge in [-0.15, -0.1) is 11.8 Å². The summed E-state index contributed by atoms with van der Waals surface area (Å²) < 4.78 is 1.69. The number of hydrogen-bond acceptors (Lipinski definition) is 3. The van der Waals surface area contributed by atoms with Crippen LogP contribution in [0.25, 0.3) is 0 Å². The quantitative estimate of drug-likeness (QED) is 0.797. The summed E-state index contributed by atoms with van der Waals surface area (Å²) in [5, 5.41) is 4.09. The van der Waals surface area contributed by atoms with Gasteiger partial charge in [-0.1, -0.05) is 18.2 Å². The molecule has 21 heavy (non-hydrogen) atoms. The summed E-state index contributed by atoms with van der Waals surface area (Å²) in [5.74, 6) is 1.85. The van der Waals surface area contributed by atoms with Crippen molar-refractivity contribution in [3.05, 3.63) is 48.8 Å². The number of carbonyl (C=O) groups is 1. The van der Waals surface area contributed by atoms with Crippen molar-refractivity contribution in [1.29, 1.82) is 0 Å². The molecular formula is C16H19N3OS. The van der Waals surface area contributed by atoms with Gasteiger partial charge in [-0.3, -0.25) is 9.48 Å². The van der Waals surface area contributed by atoms with Gasteiger partial charge in [0.05, 0.1) is 0 Å². The van der Waals surface area contributed by atoms with Crippen LogP contribution in [0.15, 0.2) is 53.7 Å². The third-order valence-corrected chi connectivity index (χ3v) is 4.97. The van der Waals surface area contributed by atoms with Crippen molar-refractivity contribution in [3.8, 4) is 0 Å². The Labute approximate surface area is 129 Å². The molecule has 0 spiro atoms. The number of likely N-dealkylation sites (tertiary alicyclic amines) is 1. The molecule has 1 aromatic heterocycles. The molecule has 0 radical (unpaired) electrons. The van der Waals surface area contributed by atoms with Crippen LogP contribution in [0.3, 0.4) is 0 Å². The predicted molar refractivity (Wildman–Crippen MR) is 84.1 cm³/mol. The number of hydrogen-bond donors (Lipinski definition) is 0. The van der Waals surface area contributed by atoms with Crippen molar-refractivity contribution in [1.82, 2.24) is 14.7 Å². The van der Waals surface area contributed by atoms with Crippen LogP contribution in [0.4, 0.5) is 0 Å². The third kappa shape index (κ3) is 3.88. The highest BCUT2D eigenvalue weighted by Crippen LogP contribution is 2.25. The van der Waals surface area contributed by atoms with E-state index >= 15 is 0 Å². The van der Waals surface area contributed by atoms with E-state index in [1.807, 2.05) is 35.0 Å². The van der Waals surface area contributed by atoms with Crippen LogP contribution in [-0.4, -0.2) is 39.4 Å². The Bertz CT molecular complexity index is 570. The van der Waals surface area contributed by atoms with Gasteiger partial charge < -0.3 is 4.90 Å². The molecule has 110 valence electrons. The summed E-state index contributed by atoms with van der Waals surface area (Å²) >= 11 is 1.88. The Morgan fingerprint density at radius 2 is 2.14 bits per heavy atom. The molecule has 1 atom stereocenters. The second-order valence-electron chi connectivity index (χ2n) is 5.32. The van der Waals surface area contributed by atoms with Crippen LogP contribution in [0, 0.1) is 5.92 Å². The van der Waals surface area contributed by atoms with Crippen molar-refractivity contribution in [2.75, 3.05) is 18.8 Å². The SMILES string of the molecule is O=C(Cn1cccn1)N1CCC(CSc2ccccc2)C1. The van der Waals surface area contributed by atoms with E-state index in [1.54, 1.807) is 10.9 Å². The normalized spacial score (nSPS) is 18.1. The molecular weight excluding hydrogens is 282 g/mol. The lowest BCUT2D eigenvalue weighted by Crippen LogP contribution is -2.32. The van der Waals surface area contributed by atoms with Crippen molar-refractivity contribution in [2.24, 2.45) is 5.92 Å². The highest BCUT2D eigenvalue weighted by molar-refractivity contribution is 7.99. The van der Waals surface area contributed by atoms with Gasteiger partial charge in [0.1, 0.15) is 6.54 Å². The fraction of sp³-hybridized carbons (Fsp3) is 0.375. The Hall–Kier alpha value is -1.75. The molecule has 1 unspecified atom stereocenters. The molecule has 2 heterocycles. The topological polar surface area (TPSA) is 38.1 Å². The summed E-state index contributed by atoms with van der Waals surface area (Å²) in [7, 11) is 0. The standard InChI is InChI=1S/C16H19N3OS/c20-16(12-19-9-4-8-17-19)18-10-7-14(11-18)13-21-15-5-2-1-3-6-15/h1-6,8-9,14H,7,10-13H2. The third-order valence-electron chi connectivity index (χ3n) is 3.72. The van der Waals surface area contributed by atoms with Gasteiger partial charge in [0.25, 0.3) is 0 Å². The molecule has 1 aromatic carbocycles. The molecule has 3 rings (SSSR count). The number of amides is 1. The van der Waals surface area contributed by atoms with Crippen molar-refractivity contribution >= 4 is 17.7 Å². The number of thioether (sulfide) groups is 1. The summed E-state index contributed by atoms with van der Waals surface area (Å²) in [6, 6.07) is 12.3. The fourth-order valence-corrected chi connectivity index (χ4v) is 3.61. The zero-order valence-corrected chi connectivity index (χ0v) is 12.7. The van der Waals surface area contributed by atoms with Gasteiger partial charge in [-0.05, 0) is 30.5 Å². The van der Waals surface area contributed by atoms with E-state index in [4.69, 9.17) is 0 Å². The van der Waals surface area contributed by atoms with Crippen LogP contribution in [0.5, 0.6) is 0 Å². The van der Waals surface area contributed by atoms with E-state index in [2.05, 4.69) is 29.4 Å². The first-order chi connectivity index (χ1) is 10.3. The Kier molecular flexibility index (Phi) is 4.60. The summed E-state index contributed by atoms with van der Waals surface area (Å²) in [6.45, 7) is 2.10. The second-order valence-corrected chi connectivity index (χ2v) is 6.42. The highest BCUT2D eigenvalue weighted by Gasteiger charge is 2.26. The number of benzene rings is 1. The minimum absolute atomic E-state index is 0.172. The minimum atomic E-state index is 0.172. The van der Waals surface area contributed by atoms with E-state index in [9.17, 15) is 4.79 Å². The van der Waals surface area contributed by atoms with Gasteiger partial charge in [-0.25, -0.2) is 0 Å². The maximum atomic E-state index is 12.2.